The van der Waals surface area contributed by atoms with Crippen LogP contribution in [0.1, 0.15) is 47.6 Å². The van der Waals surface area contributed by atoms with Gasteiger partial charge in [-0.15, -0.1) is 11.3 Å². The number of thiazole rings is 1. The maximum absolute atomic E-state index is 9.26. The molecule has 1 aliphatic carbocycles. The van der Waals surface area contributed by atoms with Gasteiger partial charge in [0.25, 0.3) is 0 Å². The van der Waals surface area contributed by atoms with Gasteiger partial charge in [0.2, 0.25) is 0 Å². The molecule has 1 saturated carbocycles. The SMILES string of the molecule is Cc1cc(C2CCCC2)c2c(c1)cc(-c1ncc(CO)s1)n2N. The maximum atomic E-state index is 9.26. The second-order valence-electron chi connectivity index (χ2n) is 6.46. The Balaban J connectivity index is 1.91. The van der Waals surface area contributed by atoms with Crippen LogP contribution in [0.4, 0.5) is 0 Å². The second kappa shape index (κ2) is 5.65. The van der Waals surface area contributed by atoms with Crippen LogP contribution in [-0.4, -0.2) is 14.8 Å². The molecule has 0 atom stereocenters. The van der Waals surface area contributed by atoms with Gasteiger partial charge in [-0.1, -0.05) is 24.5 Å². The van der Waals surface area contributed by atoms with Crippen LogP contribution in [0.15, 0.2) is 24.4 Å². The molecule has 3 N–H and O–H groups in total. The summed E-state index contributed by atoms with van der Waals surface area (Å²) in [5.41, 5.74) is 4.73. The molecular weight excluding hydrogens is 306 g/mol. The van der Waals surface area contributed by atoms with E-state index in [1.54, 1.807) is 10.9 Å². The van der Waals surface area contributed by atoms with Crippen LogP contribution in [0.5, 0.6) is 0 Å². The zero-order valence-corrected chi connectivity index (χ0v) is 14.1. The summed E-state index contributed by atoms with van der Waals surface area (Å²) in [4.78, 5) is 5.28. The molecule has 0 bridgehead atoms. The molecule has 0 saturated heterocycles. The molecule has 23 heavy (non-hydrogen) atoms. The van der Waals surface area contributed by atoms with E-state index >= 15 is 0 Å². The van der Waals surface area contributed by atoms with Gasteiger partial charge in [0, 0.05) is 11.6 Å². The highest BCUT2D eigenvalue weighted by Gasteiger charge is 2.23. The predicted octanol–water partition coefficient (Wildman–Crippen LogP) is 3.94. The Morgan fingerprint density at radius 1 is 1.30 bits per heavy atom. The molecule has 0 aliphatic heterocycles. The Morgan fingerprint density at radius 2 is 2.09 bits per heavy atom. The summed E-state index contributed by atoms with van der Waals surface area (Å²) < 4.78 is 1.79. The zero-order valence-electron chi connectivity index (χ0n) is 13.2. The first-order valence-corrected chi connectivity index (χ1v) is 8.96. The third-order valence-electron chi connectivity index (χ3n) is 4.83. The van der Waals surface area contributed by atoms with Gasteiger partial charge in [-0.2, -0.15) is 0 Å². The normalized spacial score (nSPS) is 15.7. The molecule has 4 rings (SSSR count). The van der Waals surface area contributed by atoms with Gasteiger partial charge >= 0.3 is 0 Å². The summed E-state index contributed by atoms with van der Waals surface area (Å²) in [5, 5.41) is 11.3. The highest BCUT2D eigenvalue weighted by Crippen LogP contribution is 2.40. The molecular formula is C18H21N3OS. The number of aromatic nitrogens is 2. The molecule has 2 heterocycles. The summed E-state index contributed by atoms with van der Waals surface area (Å²) >= 11 is 1.50. The number of rotatable bonds is 3. The number of aliphatic hydroxyl groups is 1. The van der Waals surface area contributed by atoms with Crippen molar-refractivity contribution in [3.05, 3.63) is 40.4 Å². The van der Waals surface area contributed by atoms with Crippen molar-refractivity contribution in [1.82, 2.24) is 9.66 Å². The Hall–Kier alpha value is -1.85. The van der Waals surface area contributed by atoms with E-state index in [2.05, 4.69) is 30.1 Å². The Morgan fingerprint density at radius 3 is 2.78 bits per heavy atom. The zero-order chi connectivity index (χ0) is 16.0. The van der Waals surface area contributed by atoms with Crippen molar-refractivity contribution in [2.24, 2.45) is 0 Å². The molecule has 1 fully saturated rings. The molecule has 0 amide bonds. The predicted molar refractivity (Wildman–Crippen MR) is 95.1 cm³/mol. The van der Waals surface area contributed by atoms with E-state index in [1.807, 2.05) is 0 Å². The molecule has 1 aliphatic rings. The van der Waals surface area contributed by atoms with E-state index in [0.29, 0.717) is 5.92 Å². The van der Waals surface area contributed by atoms with Crippen molar-refractivity contribution in [2.75, 3.05) is 5.84 Å². The number of hydrogen-bond acceptors (Lipinski definition) is 4. The summed E-state index contributed by atoms with van der Waals surface area (Å²) in [5.74, 6) is 7.08. The van der Waals surface area contributed by atoms with E-state index in [-0.39, 0.29) is 6.61 Å². The smallest absolute Gasteiger partial charge is 0.142 e. The number of benzene rings is 1. The lowest BCUT2D eigenvalue weighted by atomic mass is 9.94. The molecule has 5 heteroatoms. The molecule has 0 unspecified atom stereocenters. The van der Waals surface area contributed by atoms with Gasteiger partial charge in [-0.25, -0.2) is 4.98 Å². The van der Waals surface area contributed by atoms with Crippen molar-refractivity contribution in [3.8, 4) is 10.7 Å². The summed E-state index contributed by atoms with van der Waals surface area (Å²) in [7, 11) is 0. The summed E-state index contributed by atoms with van der Waals surface area (Å²) in [6.45, 7) is 2.17. The molecule has 2 aromatic heterocycles. The topological polar surface area (TPSA) is 64.1 Å². The van der Waals surface area contributed by atoms with Crippen molar-refractivity contribution in [1.29, 1.82) is 0 Å². The Bertz CT molecular complexity index is 859. The van der Waals surface area contributed by atoms with E-state index < -0.39 is 0 Å². The van der Waals surface area contributed by atoms with E-state index in [0.717, 1.165) is 21.1 Å². The van der Waals surface area contributed by atoms with E-state index in [1.165, 1.54) is 53.5 Å². The van der Waals surface area contributed by atoms with E-state index in [9.17, 15) is 5.11 Å². The monoisotopic (exact) mass is 327 g/mol. The first-order chi connectivity index (χ1) is 11.2. The quantitative estimate of drug-likeness (QED) is 0.716. The Labute approximate surface area is 139 Å². The average Bonchev–Trinajstić information content (AvgIpc) is 3.26. The van der Waals surface area contributed by atoms with Crippen molar-refractivity contribution < 1.29 is 5.11 Å². The number of aryl methyl sites for hydroxylation is 1. The standard InChI is InChI=1S/C18H21N3OS/c1-11-6-13-8-16(18-20-9-14(10-22)23-18)21(19)17(13)15(7-11)12-4-2-3-5-12/h6-9,12,22H,2-5,10,19H2,1H3. The third-order valence-corrected chi connectivity index (χ3v) is 5.83. The molecule has 1 aromatic carbocycles. The van der Waals surface area contributed by atoms with Crippen LogP contribution in [0.3, 0.4) is 0 Å². The van der Waals surface area contributed by atoms with Crippen molar-refractivity contribution >= 4 is 22.2 Å². The van der Waals surface area contributed by atoms with Crippen LogP contribution in [-0.2, 0) is 6.61 Å². The highest BCUT2D eigenvalue weighted by molar-refractivity contribution is 7.15. The second-order valence-corrected chi connectivity index (χ2v) is 7.58. The van der Waals surface area contributed by atoms with Crippen LogP contribution in [0.2, 0.25) is 0 Å². The fraction of sp³-hybridized carbons (Fsp3) is 0.389. The van der Waals surface area contributed by atoms with Crippen molar-refractivity contribution in [3.63, 3.8) is 0 Å². The van der Waals surface area contributed by atoms with Crippen molar-refractivity contribution in [2.45, 2.75) is 45.1 Å². The number of fused-ring (bicyclic) bond motifs is 1. The molecule has 0 spiro atoms. The lowest BCUT2D eigenvalue weighted by Crippen LogP contribution is -2.11. The number of nitrogens with two attached hydrogens (primary N) is 1. The number of nitrogens with zero attached hydrogens (tertiary/aromatic N) is 2. The van der Waals surface area contributed by atoms with Gasteiger partial charge in [-0.3, -0.25) is 4.68 Å². The highest BCUT2D eigenvalue weighted by atomic mass is 32.1. The minimum Gasteiger partial charge on any atom is -0.391 e. The van der Waals surface area contributed by atoms with Crippen LogP contribution in [0, 0.1) is 6.92 Å². The largest absolute Gasteiger partial charge is 0.391 e. The lowest BCUT2D eigenvalue weighted by Gasteiger charge is -2.14. The molecule has 0 radical (unpaired) electrons. The van der Waals surface area contributed by atoms with Crippen LogP contribution < -0.4 is 5.84 Å². The summed E-state index contributed by atoms with van der Waals surface area (Å²) in [6.07, 6.45) is 6.85. The van der Waals surface area contributed by atoms with Gasteiger partial charge in [0.1, 0.15) is 5.01 Å². The van der Waals surface area contributed by atoms with Gasteiger partial charge in [0.05, 0.1) is 22.7 Å². The lowest BCUT2D eigenvalue weighted by molar-refractivity contribution is 0.285. The molecule has 120 valence electrons. The fourth-order valence-corrected chi connectivity index (χ4v) is 4.56. The summed E-state index contributed by atoms with van der Waals surface area (Å²) in [6, 6.07) is 6.62. The average molecular weight is 327 g/mol. The fourth-order valence-electron chi connectivity index (χ4n) is 3.77. The minimum absolute atomic E-state index is 0.0227. The first-order valence-electron chi connectivity index (χ1n) is 8.14. The number of nitrogen functional groups attached to an aromatic ring is 1. The number of aliphatic hydroxyl groups excluding tert-OH is 1. The minimum atomic E-state index is 0.0227. The van der Waals surface area contributed by atoms with Gasteiger partial charge in [-0.05, 0) is 43.4 Å². The Kier molecular flexibility index (Phi) is 3.62. The van der Waals surface area contributed by atoms with E-state index in [4.69, 9.17) is 5.84 Å². The number of hydrogen-bond donors (Lipinski definition) is 2. The molecule has 3 aromatic rings. The van der Waals surface area contributed by atoms with Crippen LogP contribution >= 0.6 is 11.3 Å². The van der Waals surface area contributed by atoms with Crippen LogP contribution in [0.25, 0.3) is 21.6 Å². The van der Waals surface area contributed by atoms with Gasteiger partial charge < -0.3 is 10.9 Å². The maximum Gasteiger partial charge on any atom is 0.142 e. The first kappa shape index (κ1) is 14.7. The molecule has 4 nitrogen and oxygen atoms in total. The third kappa shape index (κ3) is 2.44. The van der Waals surface area contributed by atoms with Gasteiger partial charge in [0.15, 0.2) is 0 Å².